The first-order valence-corrected chi connectivity index (χ1v) is 9.25. The molecule has 4 atom stereocenters. The lowest BCUT2D eigenvalue weighted by molar-refractivity contribution is -0.154. The number of carbonyl (C=O) groups excluding carboxylic acids is 2. The predicted octanol–water partition coefficient (Wildman–Crippen LogP) is 3.34. The van der Waals surface area contributed by atoms with Crippen LogP contribution in [0.5, 0.6) is 5.75 Å². The molecule has 0 aromatic heterocycles. The number of para-hydroxylation sites is 1. The molecule has 0 bridgehead atoms. The summed E-state index contributed by atoms with van der Waals surface area (Å²) in [5, 5.41) is 12.0. The summed E-state index contributed by atoms with van der Waals surface area (Å²) < 4.78 is 6.33. The van der Waals surface area contributed by atoms with Crippen LogP contribution in [0.4, 0.5) is 0 Å². The first-order chi connectivity index (χ1) is 13.6. The van der Waals surface area contributed by atoms with Crippen molar-refractivity contribution in [2.75, 3.05) is 0 Å². The Morgan fingerprint density at radius 2 is 1.46 bits per heavy atom. The standard InChI is InChI=1S/C24H18O4/c25-15-19-21(16-9-3-1-4-10-16)22(26)23(27)18-13-7-8-14-20(18)28-24(19,23)17-11-5-2-6-12-17/h1-15,19,21,27H/t19-,21-,23+,24-/m0/s1. The molecule has 0 radical (unpaired) electrons. The first kappa shape index (κ1) is 16.9. The van der Waals surface area contributed by atoms with Crippen LogP contribution in [0.2, 0.25) is 0 Å². The number of rotatable bonds is 3. The third-order valence-corrected chi connectivity index (χ3v) is 6.06. The highest BCUT2D eigenvalue weighted by molar-refractivity contribution is 6.03. The fourth-order valence-corrected chi connectivity index (χ4v) is 4.89. The summed E-state index contributed by atoms with van der Waals surface area (Å²) in [5.74, 6) is -1.65. The highest BCUT2D eigenvalue weighted by Gasteiger charge is 2.76. The number of ketones is 1. The molecule has 138 valence electrons. The summed E-state index contributed by atoms with van der Waals surface area (Å²) in [4.78, 5) is 26.1. The number of benzene rings is 3. The summed E-state index contributed by atoms with van der Waals surface area (Å²) in [5.41, 5.74) is -1.73. The van der Waals surface area contributed by atoms with Crippen molar-refractivity contribution < 1.29 is 19.4 Å². The summed E-state index contributed by atoms with van der Waals surface area (Å²) in [6.07, 6.45) is 0.756. The summed E-state index contributed by atoms with van der Waals surface area (Å²) in [7, 11) is 0. The smallest absolute Gasteiger partial charge is 0.197 e. The van der Waals surface area contributed by atoms with Crippen LogP contribution in [-0.4, -0.2) is 17.2 Å². The topological polar surface area (TPSA) is 63.6 Å². The van der Waals surface area contributed by atoms with Gasteiger partial charge in [0.1, 0.15) is 12.0 Å². The van der Waals surface area contributed by atoms with Gasteiger partial charge in [0.15, 0.2) is 17.0 Å². The van der Waals surface area contributed by atoms with Gasteiger partial charge in [0.25, 0.3) is 0 Å². The van der Waals surface area contributed by atoms with Crippen molar-refractivity contribution in [2.24, 2.45) is 5.92 Å². The Kier molecular flexibility index (Phi) is 3.55. The molecule has 1 heterocycles. The number of fused-ring (bicyclic) bond motifs is 3. The Labute approximate surface area is 162 Å². The zero-order chi connectivity index (χ0) is 19.4. The molecule has 4 nitrogen and oxygen atoms in total. The third kappa shape index (κ3) is 1.88. The van der Waals surface area contributed by atoms with Crippen LogP contribution < -0.4 is 4.74 Å². The number of carbonyl (C=O) groups is 2. The number of hydrogen-bond donors (Lipinski definition) is 1. The fourth-order valence-electron chi connectivity index (χ4n) is 4.89. The van der Waals surface area contributed by atoms with Gasteiger partial charge in [0.2, 0.25) is 0 Å². The van der Waals surface area contributed by atoms with Crippen LogP contribution >= 0.6 is 0 Å². The lowest BCUT2D eigenvalue weighted by atomic mass is 9.73. The Morgan fingerprint density at radius 1 is 0.857 bits per heavy atom. The number of Topliss-reactive ketones (excluding diaryl/α,β-unsaturated/α-hetero) is 1. The highest BCUT2D eigenvalue weighted by atomic mass is 16.5. The van der Waals surface area contributed by atoms with Crippen LogP contribution in [0.25, 0.3) is 0 Å². The monoisotopic (exact) mass is 370 g/mol. The normalized spacial score (nSPS) is 30.4. The Balaban J connectivity index is 1.83. The average molecular weight is 370 g/mol. The van der Waals surface area contributed by atoms with Gasteiger partial charge in [0, 0.05) is 5.56 Å². The Hall–Kier alpha value is -3.24. The molecule has 1 fully saturated rings. The van der Waals surface area contributed by atoms with E-state index in [4.69, 9.17) is 4.74 Å². The van der Waals surface area contributed by atoms with Crippen LogP contribution in [0.1, 0.15) is 22.6 Å². The van der Waals surface area contributed by atoms with E-state index in [0.29, 0.717) is 22.4 Å². The molecule has 3 aromatic rings. The zero-order valence-corrected chi connectivity index (χ0v) is 15.0. The van der Waals surface area contributed by atoms with E-state index in [1.165, 1.54) is 0 Å². The van der Waals surface area contributed by atoms with Gasteiger partial charge >= 0.3 is 0 Å². The number of aldehydes is 1. The molecule has 28 heavy (non-hydrogen) atoms. The summed E-state index contributed by atoms with van der Waals surface area (Å²) >= 11 is 0. The molecule has 1 aliphatic heterocycles. The third-order valence-electron chi connectivity index (χ3n) is 6.06. The molecule has 0 spiro atoms. The Bertz CT molecular complexity index is 1060. The largest absolute Gasteiger partial charge is 0.477 e. The minimum absolute atomic E-state index is 0.411. The zero-order valence-electron chi connectivity index (χ0n) is 15.0. The van der Waals surface area contributed by atoms with Gasteiger partial charge in [-0.05, 0) is 17.2 Å². The molecule has 1 saturated carbocycles. The van der Waals surface area contributed by atoms with E-state index in [2.05, 4.69) is 0 Å². The van der Waals surface area contributed by atoms with Gasteiger partial charge < -0.3 is 14.6 Å². The second kappa shape index (κ2) is 5.88. The van der Waals surface area contributed by atoms with E-state index in [1.54, 1.807) is 36.4 Å². The maximum atomic E-state index is 13.7. The van der Waals surface area contributed by atoms with Gasteiger partial charge in [0.05, 0.1) is 11.8 Å². The quantitative estimate of drug-likeness (QED) is 0.718. The summed E-state index contributed by atoms with van der Waals surface area (Å²) in [6, 6.07) is 25.2. The van der Waals surface area contributed by atoms with Crippen LogP contribution in [0, 0.1) is 5.92 Å². The lowest BCUT2D eigenvalue weighted by Crippen LogP contribution is -2.51. The Morgan fingerprint density at radius 3 is 2.14 bits per heavy atom. The van der Waals surface area contributed by atoms with E-state index in [0.717, 1.165) is 6.29 Å². The van der Waals surface area contributed by atoms with E-state index in [9.17, 15) is 14.7 Å². The number of hydrogen-bond acceptors (Lipinski definition) is 4. The maximum Gasteiger partial charge on any atom is 0.197 e. The lowest BCUT2D eigenvalue weighted by Gasteiger charge is -2.37. The minimum Gasteiger partial charge on any atom is -0.477 e. The number of ether oxygens (including phenoxy) is 1. The maximum absolute atomic E-state index is 13.7. The van der Waals surface area contributed by atoms with Gasteiger partial charge in [-0.3, -0.25) is 4.79 Å². The SMILES string of the molecule is O=C[C@H]1[C@H](c2ccccc2)C(=O)[C@]2(O)c3ccccc3O[C@@]12c1ccccc1. The van der Waals surface area contributed by atoms with Gasteiger partial charge in [-0.15, -0.1) is 0 Å². The highest BCUT2D eigenvalue weighted by Crippen LogP contribution is 2.65. The van der Waals surface area contributed by atoms with Crippen molar-refractivity contribution in [3.8, 4) is 5.75 Å². The molecule has 0 amide bonds. The van der Waals surface area contributed by atoms with E-state index < -0.39 is 28.8 Å². The van der Waals surface area contributed by atoms with E-state index in [1.807, 2.05) is 48.5 Å². The second-order valence-corrected chi connectivity index (χ2v) is 7.32. The molecule has 1 aliphatic carbocycles. The summed E-state index contributed by atoms with van der Waals surface area (Å²) in [6.45, 7) is 0. The average Bonchev–Trinajstić information content (AvgIpc) is 3.13. The molecule has 5 rings (SSSR count). The minimum atomic E-state index is -1.95. The van der Waals surface area contributed by atoms with Gasteiger partial charge in [-0.25, -0.2) is 0 Å². The van der Waals surface area contributed by atoms with Crippen molar-refractivity contribution >= 4 is 12.1 Å². The van der Waals surface area contributed by atoms with Crippen molar-refractivity contribution in [2.45, 2.75) is 17.1 Å². The number of aliphatic hydroxyl groups is 1. The molecule has 3 aromatic carbocycles. The van der Waals surface area contributed by atoms with Gasteiger partial charge in [-0.2, -0.15) is 0 Å². The van der Waals surface area contributed by atoms with Crippen molar-refractivity contribution in [1.82, 2.24) is 0 Å². The van der Waals surface area contributed by atoms with Gasteiger partial charge in [-0.1, -0.05) is 78.9 Å². The molecule has 2 aliphatic rings. The van der Waals surface area contributed by atoms with E-state index in [-0.39, 0.29) is 0 Å². The van der Waals surface area contributed by atoms with Crippen molar-refractivity contribution in [3.63, 3.8) is 0 Å². The molecule has 0 saturated heterocycles. The molecular weight excluding hydrogens is 352 g/mol. The van der Waals surface area contributed by atoms with Crippen LogP contribution in [-0.2, 0) is 20.8 Å². The molecule has 1 N–H and O–H groups in total. The second-order valence-electron chi connectivity index (χ2n) is 7.32. The van der Waals surface area contributed by atoms with Crippen molar-refractivity contribution in [1.29, 1.82) is 0 Å². The molecular formula is C24H18O4. The van der Waals surface area contributed by atoms with E-state index >= 15 is 0 Å². The fraction of sp³-hybridized carbons (Fsp3) is 0.167. The molecule has 4 heteroatoms. The predicted molar refractivity (Wildman–Crippen MR) is 103 cm³/mol. The van der Waals surface area contributed by atoms with Crippen molar-refractivity contribution in [3.05, 3.63) is 102 Å². The molecule has 0 unspecified atom stereocenters. The van der Waals surface area contributed by atoms with Crippen LogP contribution in [0.15, 0.2) is 84.9 Å². The van der Waals surface area contributed by atoms with Crippen LogP contribution in [0.3, 0.4) is 0 Å². The first-order valence-electron chi connectivity index (χ1n) is 9.25.